The van der Waals surface area contributed by atoms with Crippen LogP contribution in [0.15, 0.2) is 72.8 Å². The zero-order chi connectivity index (χ0) is 13.9. The van der Waals surface area contributed by atoms with E-state index in [-0.39, 0.29) is 0 Å². The fraction of sp³-hybridized carbons (Fsp3) is 0. The van der Waals surface area contributed by atoms with Crippen molar-refractivity contribution in [2.45, 2.75) is 0 Å². The lowest BCUT2D eigenvalue weighted by atomic mass is 9.95. The molecule has 98 valence electrons. The second kappa shape index (κ2) is 5.70. The lowest BCUT2D eigenvalue weighted by Crippen LogP contribution is -1.85. The van der Waals surface area contributed by atoms with Crippen molar-refractivity contribution in [1.29, 1.82) is 0 Å². The molecule has 0 fully saturated rings. The molecule has 3 rings (SSSR count). The fourth-order valence-electron chi connectivity index (χ4n) is 2.31. The molecular weight excluding hydrogens is 287 g/mol. The van der Waals surface area contributed by atoms with Gasteiger partial charge in [-0.3, -0.25) is 0 Å². The van der Waals surface area contributed by atoms with Crippen LogP contribution in [0.5, 0.6) is 0 Å². The monoisotopic (exact) mass is 298 g/mol. The van der Waals surface area contributed by atoms with Gasteiger partial charge >= 0.3 is 0 Å². The summed E-state index contributed by atoms with van der Waals surface area (Å²) in [6.07, 6.45) is 0. The highest BCUT2D eigenvalue weighted by atomic mass is 35.5. The van der Waals surface area contributed by atoms with Crippen LogP contribution in [0, 0.1) is 0 Å². The molecule has 0 aliphatic rings. The van der Waals surface area contributed by atoms with E-state index in [4.69, 9.17) is 23.2 Å². The van der Waals surface area contributed by atoms with Gasteiger partial charge < -0.3 is 0 Å². The molecule has 0 nitrogen and oxygen atoms in total. The third kappa shape index (κ3) is 2.58. The number of hydrogen-bond donors (Lipinski definition) is 0. The van der Waals surface area contributed by atoms with Gasteiger partial charge in [-0.2, -0.15) is 0 Å². The second-order valence-electron chi connectivity index (χ2n) is 4.54. The highest BCUT2D eigenvalue weighted by Crippen LogP contribution is 2.36. The lowest BCUT2D eigenvalue weighted by molar-refractivity contribution is 1.58. The molecule has 0 saturated heterocycles. The molecule has 20 heavy (non-hydrogen) atoms. The molecular formula is C18H12Cl2. The van der Waals surface area contributed by atoms with Gasteiger partial charge in [-0.05, 0) is 34.9 Å². The summed E-state index contributed by atoms with van der Waals surface area (Å²) in [5.74, 6) is 0. The van der Waals surface area contributed by atoms with Crippen LogP contribution < -0.4 is 0 Å². The van der Waals surface area contributed by atoms with Crippen LogP contribution in [0.3, 0.4) is 0 Å². The van der Waals surface area contributed by atoms with Crippen LogP contribution in [-0.4, -0.2) is 0 Å². The Bertz CT molecular complexity index is 748. The van der Waals surface area contributed by atoms with Gasteiger partial charge in [-0.1, -0.05) is 77.8 Å². The van der Waals surface area contributed by atoms with Gasteiger partial charge in [0.2, 0.25) is 0 Å². The number of halogens is 2. The van der Waals surface area contributed by atoms with E-state index in [0.717, 1.165) is 32.3 Å². The zero-order valence-corrected chi connectivity index (χ0v) is 12.2. The normalized spacial score (nSPS) is 10.5. The standard InChI is InChI=1S/C18H12Cl2/c19-14-7-5-6-13(12-14)15-8-1-2-9-16(15)17-10-3-4-11-18(17)20/h1-12H. The van der Waals surface area contributed by atoms with Crippen molar-refractivity contribution < 1.29 is 0 Å². The van der Waals surface area contributed by atoms with Gasteiger partial charge in [0.15, 0.2) is 0 Å². The SMILES string of the molecule is Clc1cccc(-c2ccccc2-c2ccccc2Cl)c1. The van der Waals surface area contributed by atoms with Crippen LogP contribution in [0.1, 0.15) is 0 Å². The molecule has 0 heterocycles. The van der Waals surface area contributed by atoms with Crippen molar-refractivity contribution in [1.82, 2.24) is 0 Å². The molecule has 0 bridgehead atoms. The minimum absolute atomic E-state index is 0.733. The van der Waals surface area contributed by atoms with E-state index in [1.165, 1.54) is 0 Å². The van der Waals surface area contributed by atoms with Crippen LogP contribution >= 0.6 is 23.2 Å². The van der Waals surface area contributed by atoms with Crippen molar-refractivity contribution in [3.63, 3.8) is 0 Å². The Morgan fingerprint density at radius 3 is 1.90 bits per heavy atom. The molecule has 0 aliphatic carbocycles. The maximum Gasteiger partial charge on any atom is 0.0484 e. The molecule has 2 heteroatoms. The quantitative estimate of drug-likeness (QED) is 0.519. The van der Waals surface area contributed by atoms with E-state index in [9.17, 15) is 0 Å². The third-order valence-corrected chi connectivity index (χ3v) is 3.79. The van der Waals surface area contributed by atoms with Gasteiger partial charge in [0, 0.05) is 15.6 Å². The van der Waals surface area contributed by atoms with E-state index in [0.29, 0.717) is 0 Å². The Morgan fingerprint density at radius 2 is 1.20 bits per heavy atom. The molecule has 0 aromatic heterocycles. The van der Waals surface area contributed by atoms with E-state index in [1.807, 2.05) is 54.6 Å². The Kier molecular flexibility index (Phi) is 3.77. The number of hydrogen-bond acceptors (Lipinski definition) is 0. The van der Waals surface area contributed by atoms with E-state index in [1.54, 1.807) is 0 Å². The van der Waals surface area contributed by atoms with Gasteiger partial charge in [0.1, 0.15) is 0 Å². The summed E-state index contributed by atoms with van der Waals surface area (Å²) >= 11 is 12.4. The first-order chi connectivity index (χ1) is 9.75. The van der Waals surface area contributed by atoms with Crippen molar-refractivity contribution in [3.05, 3.63) is 82.8 Å². The van der Waals surface area contributed by atoms with E-state index < -0.39 is 0 Å². The van der Waals surface area contributed by atoms with Crippen LogP contribution in [-0.2, 0) is 0 Å². The summed E-state index contributed by atoms with van der Waals surface area (Å²) in [7, 11) is 0. The maximum atomic E-state index is 6.32. The number of rotatable bonds is 2. The predicted molar refractivity (Wildman–Crippen MR) is 87.3 cm³/mol. The molecule has 0 N–H and O–H groups in total. The van der Waals surface area contributed by atoms with Crippen LogP contribution in [0.25, 0.3) is 22.3 Å². The van der Waals surface area contributed by atoms with Gasteiger partial charge in [0.25, 0.3) is 0 Å². The first kappa shape index (κ1) is 13.2. The summed E-state index contributed by atoms with van der Waals surface area (Å²) in [5, 5.41) is 1.48. The molecule has 0 spiro atoms. The summed E-state index contributed by atoms with van der Waals surface area (Å²) in [5.41, 5.74) is 4.36. The molecule has 0 unspecified atom stereocenters. The van der Waals surface area contributed by atoms with Crippen molar-refractivity contribution >= 4 is 23.2 Å². The van der Waals surface area contributed by atoms with Gasteiger partial charge in [-0.25, -0.2) is 0 Å². The van der Waals surface area contributed by atoms with Crippen LogP contribution in [0.4, 0.5) is 0 Å². The second-order valence-corrected chi connectivity index (χ2v) is 5.38. The first-order valence-corrected chi connectivity index (χ1v) is 7.11. The highest BCUT2D eigenvalue weighted by molar-refractivity contribution is 6.33. The molecule has 0 saturated carbocycles. The lowest BCUT2D eigenvalue weighted by Gasteiger charge is -2.11. The topological polar surface area (TPSA) is 0 Å². The molecule has 0 amide bonds. The Labute approximate surface area is 128 Å². The number of benzene rings is 3. The third-order valence-electron chi connectivity index (χ3n) is 3.23. The maximum absolute atomic E-state index is 6.32. The van der Waals surface area contributed by atoms with E-state index in [2.05, 4.69) is 18.2 Å². The summed E-state index contributed by atoms with van der Waals surface area (Å²) < 4.78 is 0. The van der Waals surface area contributed by atoms with Crippen molar-refractivity contribution in [2.24, 2.45) is 0 Å². The molecule has 0 aliphatic heterocycles. The van der Waals surface area contributed by atoms with Crippen molar-refractivity contribution in [2.75, 3.05) is 0 Å². The molecule has 3 aromatic carbocycles. The average molecular weight is 299 g/mol. The van der Waals surface area contributed by atoms with Gasteiger partial charge in [-0.15, -0.1) is 0 Å². The first-order valence-electron chi connectivity index (χ1n) is 6.35. The average Bonchev–Trinajstić information content (AvgIpc) is 2.48. The zero-order valence-electron chi connectivity index (χ0n) is 10.7. The molecule has 0 radical (unpaired) electrons. The fourth-order valence-corrected chi connectivity index (χ4v) is 2.73. The molecule has 3 aromatic rings. The molecule has 0 atom stereocenters. The summed E-state index contributed by atoms with van der Waals surface area (Å²) in [6, 6.07) is 24.0. The van der Waals surface area contributed by atoms with Gasteiger partial charge in [0.05, 0.1) is 0 Å². The smallest absolute Gasteiger partial charge is 0.0484 e. The highest BCUT2D eigenvalue weighted by Gasteiger charge is 2.09. The Morgan fingerprint density at radius 1 is 0.550 bits per heavy atom. The Balaban J connectivity index is 2.22. The summed E-state index contributed by atoms with van der Waals surface area (Å²) in [6.45, 7) is 0. The van der Waals surface area contributed by atoms with Crippen LogP contribution in [0.2, 0.25) is 10.0 Å². The van der Waals surface area contributed by atoms with Crippen molar-refractivity contribution in [3.8, 4) is 22.3 Å². The minimum Gasteiger partial charge on any atom is -0.0843 e. The predicted octanol–water partition coefficient (Wildman–Crippen LogP) is 6.33. The minimum atomic E-state index is 0.733. The Hall–Kier alpha value is -1.76. The summed E-state index contributed by atoms with van der Waals surface area (Å²) in [4.78, 5) is 0. The largest absolute Gasteiger partial charge is 0.0843 e. The van der Waals surface area contributed by atoms with E-state index >= 15 is 0 Å².